The van der Waals surface area contributed by atoms with Gasteiger partial charge >= 0.3 is 148 Å². The van der Waals surface area contributed by atoms with Crippen LogP contribution in [0.1, 0.15) is 77.0 Å². The molecular formula is C20H30PPd. The molecule has 8 bridgehead atoms. The second-order valence-corrected chi connectivity index (χ2v) is 15.0. The Morgan fingerprint density at radius 2 is 0.727 bits per heavy atom. The van der Waals surface area contributed by atoms with Crippen LogP contribution >= 0.6 is 6.11 Å². The van der Waals surface area contributed by atoms with Crippen LogP contribution in [-0.4, -0.2) is 10.3 Å². The van der Waals surface area contributed by atoms with Crippen molar-refractivity contribution in [3.05, 3.63) is 0 Å². The SMILES string of the molecule is [Pd][P](C12CC3CC(CC(C3)C1)C2)C12CC3CC(CC(C3)C1)C2. The van der Waals surface area contributed by atoms with Gasteiger partial charge in [-0.15, -0.1) is 0 Å². The number of rotatable bonds is 2. The van der Waals surface area contributed by atoms with E-state index in [0.717, 1.165) is 45.8 Å². The van der Waals surface area contributed by atoms with Crippen LogP contribution in [0.15, 0.2) is 0 Å². The summed E-state index contributed by atoms with van der Waals surface area (Å²) in [5.41, 5.74) is 0. The van der Waals surface area contributed by atoms with Crippen molar-refractivity contribution in [2.24, 2.45) is 35.5 Å². The Morgan fingerprint density at radius 1 is 0.500 bits per heavy atom. The van der Waals surface area contributed by atoms with Gasteiger partial charge in [0, 0.05) is 0 Å². The van der Waals surface area contributed by atoms with E-state index < -0.39 is 0 Å². The van der Waals surface area contributed by atoms with E-state index in [0.29, 0.717) is 0 Å². The number of hydrogen-bond acceptors (Lipinski definition) is 0. The molecule has 0 N–H and O–H groups in total. The van der Waals surface area contributed by atoms with Crippen molar-refractivity contribution in [3.8, 4) is 0 Å². The van der Waals surface area contributed by atoms with Crippen LogP contribution in [0.25, 0.3) is 0 Å². The van der Waals surface area contributed by atoms with Gasteiger partial charge in [-0.1, -0.05) is 0 Å². The molecule has 8 saturated carbocycles. The molecule has 0 spiro atoms. The summed E-state index contributed by atoms with van der Waals surface area (Å²) in [5, 5.41) is 1.61. The molecule has 8 rings (SSSR count). The molecule has 0 unspecified atom stereocenters. The van der Waals surface area contributed by atoms with Gasteiger partial charge in [0.25, 0.3) is 0 Å². The van der Waals surface area contributed by atoms with E-state index in [2.05, 4.69) is 18.7 Å². The Labute approximate surface area is 147 Å². The van der Waals surface area contributed by atoms with Crippen LogP contribution in [-0.2, 0) is 18.7 Å². The maximum atomic E-state index is 4.18. The summed E-state index contributed by atoms with van der Waals surface area (Å²) in [6.07, 6.45) is 19.6. The van der Waals surface area contributed by atoms with E-state index in [9.17, 15) is 0 Å². The average Bonchev–Trinajstić information content (AvgIpc) is 2.43. The van der Waals surface area contributed by atoms with Crippen LogP contribution in [0, 0.1) is 35.5 Å². The summed E-state index contributed by atoms with van der Waals surface area (Å²) in [6.45, 7) is 0. The molecule has 0 aromatic rings. The average molecular weight is 408 g/mol. The van der Waals surface area contributed by atoms with E-state index in [1.165, 1.54) is 0 Å². The Kier molecular flexibility index (Phi) is 3.00. The maximum absolute atomic E-state index is 4.18. The first-order chi connectivity index (χ1) is 10.6. The van der Waals surface area contributed by atoms with Crippen molar-refractivity contribution in [2.75, 3.05) is 0 Å². The van der Waals surface area contributed by atoms with Crippen LogP contribution in [0.3, 0.4) is 0 Å². The summed E-state index contributed by atoms with van der Waals surface area (Å²) in [5.74, 6) is 6.80. The standard InChI is InChI=1S/C20H30P.Pd/c1-13-2-15-3-14(1)8-19(7-13,9-15)21-20-10-16-4-17(11-20)6-18(5-16)12-20;/h13-18H,1-12H2;/q-1;+1. The molecule has 0 aliphatic heterocycles. The van der Waals surface area contributed by atoms with E-state index in [4.69, 9.17) is 0 Å². The van der Waals surface area contributed by atoms with E-state index in [1.807, 2.05) is 0 Å². The zero-order valence-corrected chi connectivity index (χ0v) is 16.2. The van der Waals surface area contributed by atoms with Crippen LogP contribution in [0.2, 0.25) is 0 Å². The van der Waals surface area contributed by atoms with Crippen molar-refractivity contribution in [3.63, 3.8) is 0 Å². The second kappa shape index (κ2) is 4.63. The molecule has 0 heterocycles. The molecule has 125 valence electrons. The van der Waals surface area contributed by atoms with Gasteiger partial charge in [-0.2, -0.15) is 0 Å². The van der Waals surface area contributed by atoms with Crippen molar-refractivity contribution >= 4 is 6.11 Å². The predicted molar refractivity (Wildman–Crippen MR) is 88.7 cm³/mol. The summed E-state index contributed by atoms with van der Waals surface area (Å²) >= 11 is 4.18. The van der Waals surface area contributed by atoms with Crippen molar-refractivity contribution in [1.29, 1.82) is 0 Å². The third-order valence-corrected chi connectivity index (χ3v) is 15.9. The minimum atomic E-state index is 0.121. The van der Waals surface area contributed by atoms with Crippen molar-refractivity contribution < 1.29 is 18.7 Å². The molecule has 8 fully saturated rings. The topological polar surface area (TPSA) is 0 Å². The van der Waals surface area contributed by atoms with Gasteiger partial charge in [0.2, 0.25) is 0 Å². The van der Waals surface area contributed by atoms with E-state index in [-0.39, 0.29) is 6.11 Å². The molecule has 0 nitrogen and oxygen atoms in total. The Bertz CT molecular complexity index is 383. The van der Waals surface area contributed by atoms with Gasteiger partial charge in [0.15, 0.2) is 0 Å². The monoisotopic (exact) mass is 407 g/mol. The zero-order chi connectivity index (χ0) is 14.5. The van der Waals surface area contributed by atoms with Crippen LogP contribution in [0.4, 0.5) is 0 Å². The fraction of sp³-hybridized carbons (Fsp3) is 1.00. The normalized spacial score (nSPS) is 62.6. The molecule has 0 atom stereocenters. The van der Waals surface area contributed by atoms with E-state index >= 15 is 0 Å². The van der Waals surface area contributed by atoms with Gasteiger partial charge < -0.3 is 0 Å². The molecule has 0 radical (unpaired) electrons. The van der Waals surface area contributed by atoms with Gasteiger partial charge in [0.05, 0.1) is 0 Å². The summed E-state index contributed by atoms with van der Waals surface area (Å²) in [7, 11) is 0. The first-order valence-electron chi connectivity index (χ1n) is 10.1. The summed E-state index contributed by atoms with van der Waals surface area (Å²) in [4.78, 5) is 0. The number of hydrogen-bond donors (Lipinski definition) is 0. The third kappa shape index (κ3) is 1.89. The zero-order valence-electron chi connectivity index (χ0n) is 13.7. The molecule has 22 heavy (non-hydrogen) atoms. The fourth-order valence-corrected chi connectivity index (χ4v) is 15.1. The quantitative estimate of drug-likeness (QED) is 0.397. The third-order valence-electron chi connectivity index (χ3n) is 8.79. The van der Waals surface area contributed by atoms with Gasteiger partial charge in [-0.3, -0.25) is 0 Å². The Hall–Kier alpha value is 1.09. The molecule has 0 amide bonds. The molecule has 8 aliphatic rings. The van der Waals surface area contributed by atoms with Crippen molar-refractivity contribution in [2.45, 2.75) is 87.4 Å². The van der Waals surface area contributed by atoms with E-state index in [1.54, 1.807) is 77.0 Å². The second-order valence-electron chi connectivity index (χ2n) is 10.5. The van der Waals surface area contributed by atoms with Crippen LogP contribution < -0.4 is 0 Å². The summed E-state index contributed by atoms with van der Waals surface area (Å²) < 4.78 is 0. The molecular weight excluding hydrogens is 378 g/mol. The molecule has 0 saturated heterocycles. The molecule has 0 aromatic carbocycles. The van der Waals surface area contributed by atoms with Crippen molar-refractivity contribution in [1.82, 2.24) is 0 Å². The summed E-state index contributed by atoms with van der Waals surface area (Å²) in [6, 6.07) is 0. The van der Waals surface area contributed by atoms with Gasteiger partial charge in [-0.05, 0) is 0 Å². The molecule has 0 aromatic heterocycles. The van der Waals surface area contributed by atoms with Gasteiger partial charge in [0.1, 0.15) is 0 Å². The fourth-order valence-electron chi connectivity index (χ4n) is 9.08. The molecule has 8 aliphatic carbocycles. The first-order valence-corrected chi connectivity index (χ1v) is 13.3. The van der Waals surface area contributed by atoms with Crippen LogP contribution in [0.5, 0.6) is 0 Å². The van der Waals surface area contributed by atoms with Gasteiger partial charge in [-0.25, -0.2) is 0 Å². The predicted octanol–water partition coefficient (Wildman–Crippen LogP) is 5.87. The Balaban J connectivity index is 1.36. The minimum absolute atomic E-state index is 0.121. The molecule has 2 heteroatoms. The first kappa shape index (κ1) is 14.3. The Morgan fingerprint density at radius 3 is 0.955 bits per heavy atom.